The molecule has 2 unspecified atom stereocenters. The molecule has 1 saturated heterocycles. The van der Waals surface area contributed by atoms with E-state index >= 15 is 0 Å². The molecule has 1 aliphatic rings. The summed E-state index contributed by atoms with van der Waals surface area (Å²) in [6, 6.07) is 0.163. The van der Waals surface area contributed by atoms with Crippen LogP contribution in [-0.2, 0) is 4.79 Å². The first-order valence-corrected chi connectivity index (χ1v) is 6.23. The maximum atomic E-state index is 11.6. The van der Waals surface area contributed by atoms with E-state index < -0.39 is 0 Å². The summed E-state index contributed by atoms with van der Waals surface area (Å²) < 4.78 is 0. The summed E-state index contributed by atoms with van der Waals surface area (Å²) in [4.78, 5) is 15.8. The van der Waals surface area contributed by atoms with E-state index in [2.05, 4.69) is 18.7 Å². The molecule has 0 N–H and O–H groups in total. The molecule has 1 rings (SSSR count). The Morgan fingerprint density at radius 2 is 2.07 bits per heavy atom. The van der Waals surface area contributed by atoms with Gasteiger partial charge < -0.3 is 4.90 Å². The fourth-order valence-electron chi connectivity index (χ4n) is 1.87. The van der Waals surface area contributed by atoms with Crippen LogP contribution in [-0.4, -0.2) is 47.3 Å². The first kappa shape index (κ1) is 11.8. The van der Waals surface area contributed by atoms with Gasteiger partial charge in [0, 0.05) is 6.54 Å². The Hall–Kier alpha value is -0.270. The third-order valence-electron chi connectivity index (χ3n) is 2.62. The normalized spacial score (nSPS) is 21.5. The van der Waals surface area contributed by atoms with Crippen molar-refractivity contribution in [3.63, 3.8) is 0 Å². The minimum atomic E-state index is 0.163. The number of hydrogen-bond donors (Lipinski definition) is 0. The van der Waals surface area contributed by atoms with Crippen molar-refractivity contribution in [3.8, 4) is 0 Å². The lowest BCUT2D eigenvalue weighted by atomic mass is 10.1. The molecule has 4 heteroatoms. The summed E-state index contributed by atoms with van der Waals surface area (Å²) in [6.45, 7) is 7.31. The van der Waals surface area contributed by atoms with Crippen LogP contribution < -0.4 is 0 Å². The molecule has 0 aromatic carbocycles. The van der Waals surface area contributed by atoms with Gasteiger partial charge in [-0.15, -0.1) is 8.86 Å². The Bertz CT molecular complexity index is 214. The maximum Gasteiger partial charge on any atom is 0.245 e. The summed E-state index contributed by atoms with van der Waals surface area (Å²) in [5.41, 5.74) is 0. The van der Waals surface area contributed by atoms with Gasteiger partial charge in [0.25, 0.3) is 0 Å². The van der Waals surface area contributed by atoms with Gasteiger partial charge in [-0.2, -0.15) is 0 Å². The molecule has 3 nitrogen and oxygen atoms in total. The number of nitrogens with zero attached hydrogens (tertiary/aromatic N) is 2. The number of likely N-dealkylation sites (tertiary alicyclic amines) is 1. The number of carbonyl (C=O) groups is 1. The monoisotopic (exact) mass is 216 g/mol. The van der Waals surface area contributed by atoms with Crippen LogP contribution >= 0.6 is 8.86 Å². The summed E-state index contributed by atoms with van der Waals surface area (Å²) in [5.74, 6) is 2.18. The Kier molecular flexibility index (Phi) is 4.70. The zero-order valence-corrected chi connectivity index (χ0v) is 10.6. The predicted octanol–water partition coefficient (Wildman–Crippen LogP) is 0.686. The second-order valence-electron chi connectivity index (χ2n) is 3.72. The zero-order chi connectivity index (χ0) is 10.6. The number of rotatable bonds is 6. The van der Waals surface area contributed by atoms with Crippen LogP contribution in [0.1, 0.15) is 26.7 Å². The molecule has 0 spiro atoms. The lowest BCUT2D eigenvalue weighted by Gasteiger charge is -2.42. The fourth-order valence-corrected chi connectivity index (χ4v) is 2.20. The third kappa shape index (κ3) is 2.40. The highest BCUT2D eigenvalue weighted by molar-refractivity contribution is 7.18. The Morgan fingerprint density at radius 3 is 2.43 bits per heavy atom. The quantitative estimate of drug-likeness (QED) is 0.481. The van der Waals surface area contributed by atoms with Gasteiger partial charge in [0.05, 0.1) is 0 Å². The maximum absolute atomic E-state index is 11.6. The molecule has 0 aromatic heterocycles. The van der Waals surface area contributed by atoms with E-state index in [1.165, 1.54) is 0 Å². The highest BCUT2D eigenvalue weighted by atomic mass is 31.0. The first-order chi connectivity index (χ1) is 6.74. The van der Waals surface area contributed by atoms with Crippen LogP contribution in [0.2, 0.25) is 0 Å². The lowest BCUT2D eigenvalue weighted by molar-refractivity contribution is -0.143. The molecule has 2 atom stereocenters. The van der Waals surface area contributed by atoms with E-state index in [0.29, 0.717) is 0 Å². The Balaban J connectivity index is 2.46. The molecule has 1 amide bonds. The molecule has 0 radical (unpaired) electrons. The number of β-lactam (4-membered cyclic amide) rings is 1. The van der Waals surface area contributed by atoms with Gasteiger partial charge in [-0.1, -0.05) is 13.8 Å². The third-order valence-corrected chi connectivity index (χ3v) is 3.06. The van der Waals surface area contributed by atoms with Crippen molar-refractivity contribution in [2.75, 3.05) is 19.6 Å². The van der Waals surface area contributed by atoms with E-state index in [1.807, 2.05) is 5.92 Å². The summed E-state index contributed by atoms with van der Waals surface area (Å²) in [6.07, 6.45) is 2.25. The number of carbonyl (C=O) groups excluding carboxylic acids is 1. The SMILES string of the molecule is CCCN(CCC)C1CN(C=[PH3])C1=O. The van der Waals surface area contributed by atoms with E-state index in [0.717, 1.165) is 32.5 Å². The van der Waals surface area contributed by atoms with Crippen molar-refractivity contribution in [1.82, 2.24) is 9.80 Å². The molecular weight excluding hydrogens is 195 g/mol. The van der Waals surface area contributed by atoms with Crippen molar-refractivity contribution in [2.45, 2.75) is 32.7 Å². The lowest BCUT2D eigenvalue weighted by Crippen LogP contribution is -2.63. The predicted molar refractivity (Wildman–Crippen MR) is 64.8 cm³/mol. The molecular formula is C10H21N2OP. The molecule has 0 saturated carbocycles. The van der Waals surface area contributed by atoms with E-state index in [-0.39, 0.29) is 11.9 Å². The van der Waals surface area contributed by atoms with Gasteiger partial charge in [0.1, 0.15) is 6.04 Å². The van der Waals surface area contributed by atoms with Gasteiger partial charge in [-0.3, -0.25) is 9.69 Å². The molecule has 1 fully saturated rings. The van der Waals surface area contributed by atoms with Gasteiger partial charge >= 0.3 is 0 Å². The summed E-state index contributed by atoms with van der Waals surface area (Å²) in [5, 5.41) is 0. The molecule has 0 aromatic rings. The zero-order valence-electron chi connectivity index (χ0n) is 9.20. The highest BCUT2D eigenvalue weighted by Gasteiger charge is 2.38. The highest BCUT2D eigenvalue weighted by Crippen LogP contribution is 2.16. The largest absolute Gasteiger partial charge is 0.316 e. The van der Waals surface area contributed by atoms with Crippen LogP contribution in [0, 0.1) is 0 Å². The Morgan fingerprint density at radius 1 is 1.50 bits per heavy atom. The van der Waals surface area contributed by atoms with Crippen LogP contribution in [0.4, 0.5) is 0 Å². The average molecular weight is 216 g/mol. The van der Waals surface area contributed by atoms with Gasteiger partial charge in [0.15, 0.2) is 0 Å². The van der Waals surface area contributed by atoms with Crippen LogP contribution in [0.5, 0.6) is 0 Å². The molecule has 14 heavy (non-hydrogen) atoms. The van der Waals surface area contributed by atoms with E-state index in [4.69, 9.17) is 0 Å². The summed E-state index contributed by atoms with van der Waals surface area (Å²) in [7, 11) is 1.73. The van der Waals surface area contributed by atoms with Gasteiger partial charge in [-0.25, -0.2) is 0 Å². The minimum Gasteiger partial charge on any atom is -0.316 e. The van der Waals surface area contributed by atoms with E-state index in [1.54, 1.807) is 13.8 Å². The van der Waals surface area contributed by atoms with Crippen molar-refractivity contribution in [3.05, 3.63) is 0 Å². The second kappa shape index (κ2) is 5.57. The standard InChI is InChI=1S/C10H21N2OP/c1-3-5-11(6-4-2)9-7-12(8-14)10(9)13/h8-9H,3-7H2,1-2,14H3. The first-order valence-electron chi connectivity index (χ1n) is 5.41. The van der Waals surface area contributed by atoms with E-state index in [9.17, 15) is 4.79 Å². The van der Waals surface area contributed by atoms with Crippen molar-refractivity contribution < 1.29 is 4.79 Å². The number of amides is 1. The molecule has 1 aliphatic heterocycles. The molecule has 82 valence electrons. The van der Waals surface area contributed by atoms with Gasteiger partial charge in [0.2, 0.25) is 5.91 Å². The number of hydrogen-bond acceptors (Lipinski definition) is 2. The Labute approximate surface area is 88.3 Å². The summed E-state index contributed by atoms with van der Waals surface area (Å²) >= 11 is 0. The van der Waals surface area contributed by atoms with Crippen LogP contribution in [0.25, 0.3) is 0 Å². The smallest absolute Gasteiger partial charge is 0.245 e. The van der Waals surface area contributed by atoms with Crippen molar-refractivity contribution >= 4 is 20.7 Å². The molecule has 1 heterocycles. The molecule has 0 aliphatic carbocycles. The topological polar surface area (TPSA) is 23.6 Å². The van der Waals surface area contributed by atoms with Crippen LogP contribution in [0.3, 0.4) is 0 Å². The van der Waals surface area contributed by atoms with Crippen LogP contribution in [0.15, 0.2) is 0 Å². The van der Waals surface area contributed by atoms with Crippen molar-refractivity contribution in [2.24, 2.45) is 0 Å². The van der Waals surface area contributed by atoms with Crippen molar-refractivity contribution in [1.29, 1.82) is 0 Å². The van der Waals surface area contributed by atoms with Gasteiger partial charge in [-0.05, 0) is 31.9 Å². The minimum absolute atomic E-state index is 0.163. The average Bonchev–Trinajstić information content (AvgIpc) is 2.17. The molecule has 0 bridgehead atoms. The second-order valence-corrected chi connectivity index (χ2v) is 4.09. The fraction of sp³-hybridized carbons (Fsp3) is 0.800.